The molecule has 0 amide bonds. The Balaban J connectivity index is 2.35. The molecular formula is C16H8O3. The number of carbonyl (C=O) groups is 1. The summed E-state index contributed by atoms with van der Waals surface area (Å²) in [5, 5.41) is 0.705. The van der Waals surface area contributed by atoms with E-state index in [0.29, 0.717) is 17.3 Å². The Morgan fingerprint density at radius 1 is 1.16 bits per heavy atom. The topological polar surface area (TPSA) is 47.3 Å². The largest absolute Gasteiger partial charge is 0.422 e. The third-order valence-electron chi connectivity index (χ3n) is 2.83. The van der Waals surface area contributed by atoms with E-state index in [2.05, 4.69) is 11.8 Å². The molecule has 0 unspecified atom stereocenters. The summed E-state index contributed by atoms with van der Waals surface area (Å²) in [5.41, 5.74) is 1.54. The first-order valence-electron chi connectivity index (χ1n) is 5.70. The van der Waals surface area contributed by atoms with Crippen LogP contribution in [0.2, 0.25) is 0 Å². The number of rotatable bonds is 1. The van der Waals surface area contributed by atoms with Gasteiger partial charge < -0.3 is 4.42 Å². The van der Waals surface area contributed by atoms with E-state index in [9.17, 15) is 9.59 Å². The van der Waals surface area contributed by atoms with Crippen molar-refractivity contribution in [1.82, 2.24) is 0 Å². The monoisotopic (exact) mass is 248 g/mol. The van der Waals surface area contributed by atoms with E-state index in [1.54, 1.807) is 12.1 Å². The number of hydrogen-bond acceptors (Lipinski definition) is 3. The van der Waals surface area contributed by atoms with Gasteiger partial charge in [0, 0.05) is 10.9 Å². The molecule has 0 N–H and O–H groups in total. The van der Waals surface area contributed by atoms with Crippen LogP contribution in [0.4, 0.5) is 0 Å². The van der Waals surface area contributed by atoms with E-state index in [-0.39, 0.29) is 5.56 Å². The first kappa shape index (κ1) is 11.2. The highest BCUT2D eigenvalue weighted by molar-refractivity contribution is 5.87. The third-order valence-corrected chi connectivity index (χ3v) is 2.83. The fourth-order valence-electron chi connectivity index (χ4n) is 1.91. The van der Waals surface area contributed by atoms with Crippen LogP contribution in [-0.2, 0) is 0 Å². The zero-order valence-corrected chi connectivity index (χ0v) is 9.84. The Labute approximate surface area is 108 Å². The van der Waals surface area contributed by atoms with E-state index >= 15 is 0 Å². The van der Waals surface area contributed by atoms with Crippen molar-refractivity contribution >= 4 is 23.3 Å². The molecule has 3 heteroatoms. The van der Waals surface area contributed by atoms with Gasteiger partial charge in [0.1, 0.15) is 11.1 Å². The van der Waals surface area contributed by atoms with Crippen LogP contribution in [0.25, 0.3) is 17.0 Å². The standard InChI is InChI=1S/C16H8O3/c17-10-14-8-13-7-11-5-3-1-2-4-6-12(11)9-15(13)19-16(14)18/h1-3,5,7-10H. The van der Waals surface area contributed by atoms with Gasteiger partial charge in [-0.05, 0) is 29.8 Å². The van der Waals surface area contributed by atoms with E-state index in [1.807, 2.05) is 24.3 Å². The maximum absolute atomic E-state index is 11.5. The first-order valence-corrected chi connectivity index (χ1v) is 5.70. The Bertz CT molecular complexity index is 855. The zero-order chi connectivity index (χ0) is 13.2. The Morgan fingerprint density at radius 3 is 2.89 bits per heavy atom. The van der Waals surface area contributed by atoms with Crippen molar-refractivity contribution in [3.63, 3.8) is 0 Å². The highest BCUT2D eigenvalue weighted by Gasteiger charge is 2.07. The van der Waals surface area contributed by atoms with Crippen LogP contribution in [0.5, 0.6) is 0 Å². The van der Waals surface area contributed by atoms with Gasteiger partial charge in [0.2, 0.25) is 0 Å². The second-order valence-corrected chi connectivity index (χ2v) is 4.07. The summed E-state index contributed by atoms with van der Waals surface area (Å²) in [6.07, 6.45) is 7.90. The molecule has 0 fully saturated rings. The highest BCUT2D eigenvalue weighted by atomic mass is 16.4. The van der Waals surface area contributed by atoms with Crippen molar-refractivity contribution in [3.8, 4) is 11.8 Å². The average Bonchev–Trinajstić information content (AvgIpc) is 2.38. The van der Waals surface area contributed by atoms with Gasteiger partial charge in [0.15, 0.2) is 6.29 Å². The molecule has 1 aliphatic rings. The smallest absolute Gasteiger partial charge is 0.346 e. The molecule has 2 aromatic rings. The molecule has 0 spiro atoms. The van der Waals surface area contributed by atoms with Crippen LogP contribution >= 0.6 is 0 Å². The number of aldehydes is 1. The van der Waals surface area contributed by atoms with Crippen LogP contribution in [0.3, 0.4) is 0 Å². The van der Waals surface area contributed by atoms with Crippen molar-refractivity contribution in [2.24, 2.45) is 0 Å². The third kappa shape index (κ3) is 2.00. The molecule has 1 heterocycles. The van der Waals surface area contributed by atoms with Crippen LogP contribution in [0, 0.1) is 11.8 Å². The number of benzene rings is 1. The van der Waals surface area contributed by atoms with Gasteiger partial charge in [-0.3, -0.25) is 4.79 Å². The van der Waals surface area contributed by atoms with Crippen LogP contribution in [-0.4, -0.2) is 6.29 Å². The summed E-state index contributed by atoms with van der Waals surface area (Å²) in [6, 6.07) is 5.10. The molecule has 0 saturated heterocycles. The predicted octanol–water partition coefficient (Wildman–Crippen LogP) is 2.54. The van der Waals surface area contributed by atoms with E-state index < -0.39 is 5.63 Å². The molecule has 0 atom stereocenters. The molecule has 1 aromatic carbocycles. The van der Waals surface area contributed by atoms with Crippen molar-refractivity contribution in [1.29, 1.82) is 0 Å². The predicted molar refractivity (Wildman–Crippen MR) is 72.9 cm³/mol. The minimum Gasteiger partial charge on any atom is -0.422 e. The second kappa shape index (κ2) is 4.43. The van der Waals surface area contributed by atoms with Crippen LogP contribution in [0.1, 0.15) is 21.5 Å². The van der Waals surface area contributed by atoms with Gasteiger partial charge in [-0.25, -0.2) is 4.79 Å². The van der Waals surface area contributed by atoms with Crippen molar-refractivity contribution in [2.75, 3.05) is 0 Å². The number of carbonyl (C=O) groups excluding carboxylic acids is 1. The van der Waals surface area contributed by atoms with Gasteiger partial charge in [0.05, 0.1) is 0 Å². The van der Waals surface area contributed by atoms with Gasteiger partial charge in [-0.15, -0.1) is 0 Å². The summed E-state index contributed by atoms with van der Waals surface area (Å²) in [6.45, 7) is 0. The fourth-order valence-corrected chi connectivity index (χ4v) is 1.91. The van der Waals surface area contributed by atoms with Gasteiger partial charge >= 0.3 is 5.63 Å². The Morgan fingerprint density at radius 2 is 2.05 bits per heavy atom. The summed E-state index contributed by atoms with van der Waals surface area (Å²) >= 11 is 0. The molecule has 19 heavy (non-hydrogen) atoms. The molecule has 0 aliphatic heterocycles. The molecule has 90 valence electrons. The SMILES string of the molecule is O=Cc1cc2cc3c(cc2oc1=O)C#CC=CC=C3. The lowest BCUT2D eigenvalue weighted by Gasteiger charge is -2.03. The Kier molecular flexibility index (Phi) is 2.62. The molecule has 1 aromatic heterocycles. The molecule has 3 rings (SSSR count). The quantitative estimate of drug-likeness (QED) is 0.442. The molecule has 0 bridgehead atoms. The van der Waals surface area contributed by atoms with E-state index in [1.165, 1.54) is 6.07 Å². The summed E-state index contributed by atoms with van der Waals surface area (Å²) in [5.74, 6) is 5.87. The number of hydrogen-bond donors (Lipinski definition) is 0. The molecule has 0 radical (unpaired) electrons. The normalized spacial score (nSPS) is 12.2. The van der Waals surface area contributed by atoms with Crippen molar-refractivity contribution < 1.29 is 9.21 Å². The molecule has 3 nitrogen and oxygen atoms in total. The van der Waals surface area contributed by atoms with Gasteiger partial charge in [-0.1, -0.05) is 30.1 Å². The second-order valence-electron chi connectivity index (χ2n) is 4.07. The fraction of sp³-hybridized carbons (Fsp3) is 0. The summed E-state index contributed by atoms with van der Waals surface area (Å²) in [7, 11) is 0. The van der Waals surface area contributed by atoms with Crippen molar-refractivity contribution in [3.05, 3.63) is 63.5 Å². The van der Waals surface area contributed by atoms with Crippen LogP contribution in [0.15, 0.2) is 45.6 Å². The minimum atomic E-state index is -0.628. The summed E-state index contributed by atoms with van der Waals surface area (Å²) < 4.78 is 5.13. The van der Waals surface area contributed by atoms with Gasteiger partial charge in [0.25, 0.3) is 0 Å². The average molecular weight is 248 g/mol. The van der Waals surface area contributed by atoms with Crippen LogP contribution < -0.4 is 5.63 Å². The highest BCUT2D eigenvalue weighted by Crippen LogP contribution is 2.21. The van der Waals surface area contributed by atoms with Crippen molar-refractivity contribution in [2.45, 2.75) is 0 Å². The summed E-state index contributed by atoms with van der Waals surface area (Å²) in [4.78, 5) is 22.3. The van der Waals surface area contributed by atoms with E-state index in [4.69, 9.17) is 4.42 Å². The number of allylic oxidation sites excluding steroid dienone is 3. The zero-order valence-electron chi connectivity index (χ0n) is 9.84. The maximum atomic E-state index is 11.5. The minimum absolute atomic E-state index is 0.0215. The van der Waals surface area contributed by atoms with E-state index in [0.717, 1.165) is 11.1 Å². The molecular weight excluding hydrogens is 240 g/mol. The molecule has 1 aliphatic carbocycles. The van der Waals surface area contributed by atoms with Gasteiger partial charge in [-0.2, -0.15) is 0 Å². The number of fused-ring (bicyclic) bond motifs is 2. The molecule has 0 saturated carbocycles. The lowest BCUT2D eigenvalue weighted by Crippen LogP contribution is -2.05. The first-order chi connectivity index (χ1) is 9.28. The maximum Gasteiger partial charge on any atom is 0.346 e. The Hall–Kier alpha value is -2.86. The lowest BCUT2D eigenvalue weighted by molar-refractivity contribution is 0.112. The lowest BCUT2D eigenvalue weighted by atomic mass is 10.0.